The number of aromatic nitrogens is 3. The number of para-hydroxylation sites is 1. The van der Waals surface area contributed by atoms with E-state index in [-0.39, 0.29) is 17.1 Å². The fraction of sp³-hybridized carbons (Fsp3) is 0.154. The van der Waals surface area contributed by atoms with Crippen molar-refractivity contribution in [1.82, 2.24) is 14.9 Å². The maximum atomic E-state index is 11.9. The molecule has 106 valence electrons. The summed E-state index contributed by atoms with van der Waals surface area (Å²) in [6.07, 6.45) is 1.44. The summed E-state index contributed by atoms with van der Waals surface area (Å²) in [6, 6.07) is 8.92. The molecule has 1 aromatic heterocycles. The van der Waals surface area contributed by atoms with E-state index in [4.69, 9.17) is 22.2 Å². The van der Waals surface area contributed by atoms with Gasteiger partial charge >= 0.3 is 0 Å². The largest absolute Gasteiger partial charge is 0.478 e. The fourth-order valence-electron chi connectivity index (χ4n) is 1.53. The number of aryl methyl sites for hydroxylation is 1. The number of aromatic amines is 1. The maximum absolute atomic E-state index is 11.9. The van der Waals surface area contributed by atoms with Gasteiger partial charge in [0.2, 0.25) is 4.77 Å². The van der Waals surface area contributed by atoms with Crippen molar-refractivity contribution < 1.29 is 4.74 Å². The lowest BCUT2D eigenvalue weighted by atomic mass is 10.2. The number of H-pyrrole nitrogens is 1. The molecule has 0 amide bonds. The van der Waals surface area contributed by atoms with E-state index in [0.717, 1.165) is 4.68 Å². The van der Waals surface area contributed by atoms with Crippen molar-refractivity contribution in [2.75, 3.05) is 6.61 Å². The van der Waals surface area contributed by atoms with Gasteiger partial charge in [0, 0.05) is 5.56 Å². The number of nitrogens with one attached hydrogen (secondary N) is 1. The molecule has 0 unspecified atom stereocenters. The van der Waals surface area contributed by atoms with Gasteiger partial charge in [-0.15, -0.1) is 0 Å². The lowest BCUT2D eigenvalue weighted by Crippen LogP contribution is -2.22. The Labute approximate surface area is 125 Å². The molecular formula is C13H11N5O2S. The summed E-state index contributed by atoms with van der Waals surface area (Å²) in [7, 11) is 0. The number of hydrogen-bond acceptors (Lipinski definition) is 6. The maximum Gasteiger partial charge on any atom is 0.296 e. The molecule has 1 aromatic carbocycles. The summed E-state index contributed by atoms with van der Waals surface area (Å²) < 4.78 is 6.41. The minimum Gasteiger partial charge on any atom is -0.478 e. The smallest absolute Gasteiger partial charge is 0.296 e. The molecule has 2 aromatic rings. The first kappa shape index (κ1) is 14.6. The first-order valence-electron chi connectivity index (χ1n) is 5.95. The average molecular weight is 301 g/mol. The standard InChI is InChI=1S/C13H11N5O2S/c1-9-12(19)18(13(21)17-16-9)15-8-10-4-2-3-5-11(10)20-7-6-14/h2-5,8H,7H2,1H3,(H,17,21)/b15-8-. The van der Waals surface area contributed by atoms with Crippen molar-refractivity contribution >= 4 is 18.4 Å². The highest BCUT2D eigenvalue weighted by Crippen LogP contribution is 2.15. The van der Waals surface area contributed by atoms with E-state index in [0.29, 0.717) is 11.3 Å². The molecule has 1 N–H and O–H groups in total. The number of rotatable bonds is 4. The molecule has 0 aliphatic heterocycles. The molecule has 0 bridgehead atoms. The predicted octanol–water partition coefficient (Wildman–Crippen LogP) is 1.39. The van der Waals surface area contributed by atoms with Crippen LogP contribution in [0.3, 0.4) is 0 Å². The third kappa shape index (κ3) is 3.40. The van der Waals surface area contributed by atoms with Crippen molar-refractivity contribution in [1.29, 1.82) is 5.26 Å². The van der Waals surface area contributed by atoms with E-state index in [1.54, 1.807) is 31.2 Å². The summed E-state index contributed by atoms with van der Waals surface area (Å²) in [5.41, 5.74) is 0.490. The molecule has 8 heteroatoms. The third-order valence-electron chi connectivity index (χ3n) is 2.54. The highest BCUT2D eigenvalue weighted by molar-refractivity contribution is 7.71. The Kier molecular flexibility index (Phi) is 4.58. The molecule has 0 aliphatic rings. The normalized spacial score (nSPS) is 10.5. The van der Waals surface area contributed by atoms with E-state index in [1.165, 1.54) is 6.21 Å². The number of ether oxygens (including phenoxy) is 1. The van der Waals surface area contributed by atoms with Crippen LogP contribution in [0.15, 0.2) is 34.2 Å². The van der Waals surface area contributed by atoms with Gasteiger partial charge in [-0.3, -0.25) is 9.89 Å². The second kappa shape index (κ2) is 6.58. The Morgan fingerprint density at radius 2 is 2.33 bits per heavy atom. The zero-order chi connectivity index (χ0) is 15.2. The predicted molar refractivity (Wildman–Crippen MR) is 79.0 cm³/mol. The minimum atomic E-state index is -0.398. The number of hydrogen-bond donors (Lipinski definition) is 1. The van der Waals surface area contributed by atoms with Gasteiger partial charge in [0.05, 0.1) is 6.21 Å². The molecule has 0 fully saturated rings. The molecular weight excluding hydrogens is 290 g/mol. The van der Waals surface area contributed by atoms with E-state index in [2.05, 4.69) is 15.3 Å². The second-order valence-corrected chi connectivity index (χ2v) is 4.35. The summed E-state index contributed by atoms with van der Waals surface area (Å²) in [6.45, 7) is 1.49. The van der Waals surface area contributed by atoms with Gasteiger partial charge in [-0.25, -0.2) is 0 Å². The van der Waals surface area contributed by atoms with Crippen LogP contribution in [0, 0.1) is 23.0 Å². The molecule has 2 rings (SSSR count). The van der Waals surface area contributed by atoms with Gasteiger partial charge in [-0.1, -0.05) is 12.1 Å². The first-order chi connectivity index (χ1) is 10.1. The quantitative estimate of drug-likeness (QED) is 0.680. The number of nitrogens with zero attached hydrogens (tertiary/aromatic N) is 4. The highest BCUT2D eigenvalue weighted by atomic mass is 32.1. The lowest BCUT2D eigenvalue weighted by Gasteiger charge is -2.05. The van der Waals surface area contributed by atoms with Gasteiger partial charge < -0.3 is 4.74 Å². The highest BCUT2D eigenvalue weighted by Gasteiger charge is 2.03. The van der Waals surface area contributed by atoms with Crippen LogP contribution in [0.4, 0.5) is 0 Å². The van der Waals surface area contributed by atoms with Gasteiger partial charge in [-0.05, 0) is 31.3 Å². The lowest BCUT2D eigenvalue weighted by molar-refractivity contribution is 0.367. The summed E-state index contributed by atoms with van der Waals surface area (Å²) in [4.78, 5) is 11.9. The van der Waals surface area contributed by atoms with Crippen LogP contribution in [0.5, 0.6) is 5.75 Å². The molecule has 1 heterocycles. The van der Waals surface area contributed by atoms with Crippen LogP contribution in [-0.2, 0) is 0 Å². The Morgan fingerprint density at radius 3 is 3.10 bits per heavy atom. The van der Waals surface area contributed by atoms with Crippen LogP contribution in [-0.4, -0.2) is 27.7 Å². The van der Waals surface area contributed by atoms with E-state index in [1.807, 2.05) is 6.07 Å². The van der Waals surface area contributed by atoms with Crippen molar-refractivity contribution in [3.8, 4) is 11.8 Å². The Balaban J connectivity index is 2.39. The average Bonchev–Trinajstić information content (AvgIpc) is 2.50. The fourth-order valence-corrected chi connectivity index (χ4v) is 1.70. The molecule has 7 nitrogen and oxygen atoms in total. The van der Waals surface area contributed by atoms with Crippen LogP contribution in [0.2, 0.25) is 0 Å². The Hall–Kier alpha value is -2.79. The zero-order valence-corrected chi connectivity index (χ0v) is 11.9. The van der Waals surface area contributed by atoms with Crippen LogP contribution >= 0.6 is 12.2 Å². The molecule has 0 saturated carbocycles. The molecule has 0 atom stereocenters. The van der Waals surface area contributed by atoms with Crippen molar-refractivity contribution in [3.05, 3.63) is 50.6 Å². The zero-order valence-electron chi connectivity index (χ0n) is 11.1. The van der Waals surface area contributed by atoms with Crippen LogP contribution in [0.25, 0.3) is 0 Å². The molecule has 0 aliphatic carbocycles. The minimum absolute atomic E-state index is 0.0702. The van der Waals surface area contributed by atoms with Gasteiger partial charge in [0.1, 0.15) is 17.5 Å². The number of nitriles is 1. The topological polar surface area (TPSA) is 96.1 Å². The van der Waals surface area contributed by atoms with Crippen LogP contribution < -0.4 is 10.3 Å². The first-order valence-corrected chi connectivity index (χ1v) is 6.36. The molecule has 0 radical (unpaired) electrons. The van der Waals surface area contributed by atoms with E-state index < -0.39 is 5.56 Å². The van der Waals surface area contributed by atoms with Crippen molar-refractivity contribution in [2.45, 2.75) is 6.92 Å². The summed E-state index contributed by atoms with van der Waals surface area (Å²) >= 11 is 4.97. The molecule has 21 heavy (non-hydrogen) atoms. The Morgan fingerprint density at radius 1 is 1.57 bits per heavy atom. The van der Waals surface area contributed by atoms with Gasteiger partial charge in [-0.2, -0.15) is 20.1 Å². The van der Waals surface area contributed by atoms with Crippen molar-refractivity contribution in [3.63, 3.8) is 0 Å². The van der Waals surface area contributed by atoms with E-state index >= 15 is 0 Å². The monoisotopic (exact) mass is 301 g/mol. The summed E-state index contributed by atoms with van der Waals surface area (Å²) in [5.74, 6) is 0.497. The van der Waals surface area contributed by atoms with Gasteiger partial charge in [0.25, 0.3) is 5.56 Å². The Bertz CT molecular complexity index is 831. The summed E-state index contributed by atoms with van der Waals surface area (Å²) in [5, 5.41) is 18.9. The SMILES string of the molecule is Cc1n[nH]c(=S)n(/N=C\c2ccccc2OCC#N)c1=O. The van der Waals surface area contributed by atoms with Crippen LogP contribution in [0.1, 0.15) is 11.3 Å². The number of benzene rings is 1. The van der Waals surface area contributed by atoms with Gasteiger partial charge in [0.15, 0.2) is 6.61 Å². The van der Waals surface area contributed by atoms with Crippen molar-refractivity contribution in [2.24, 2.45) is 5.10 Å². The molecule has 0 spiro atoms. The second-order valence-electron chi connectivity index (χ2n) is 3.96. The molecule has 0 saturated heterocycles. The third-order valence-corrected chi connectivity index (χ3v) is 2.80. The van der Waals surface area contributed by atoms with E-state index in [9.17, 15) is 4.79 Å².